The molecule has 0 heterocycles. The van der Waals surface area contributed by atoms with Crippen LogP contribution >= 0.6 is 22.6 Å². The van der Waals surface area contributed by atoms with Crippen LogP contribution in [0.5, 0.6) is 5.75 Å². The first kappa shape index (κ1) is 20.9. The number of hydrogen-bond acceptors (Lipinski definition) is 2. The van der Waals surface area contributed by atoms with Crippen LogP contribution in [0, 0.1) is 0 Å². The molecular weight excluding hydrogens is 479 g/mol. The predicted octanol–water partition coefficient (Wildman–Crippen LogP) is 6.63. The molecule has 0 aliphatic carbocycles. The SMILES string of the molecule is CC(I)C(=O)Oc1ccc([S+](c2ccccc2)c2ccc(C(C)C)cc2)cc1. The van der Waals surface area contributed by atoms with Crippen molar-refractivity contribution >= 4 is 39.5 Å². The van der Waals surface area contributed by atoms with Gasteiger partial charge >= 0.3 is 5.97 Å². The summed E-state index contributed by atoms with van der Waals surface area (Å²) in [5.41, 5.74) is 1.34. The second kappa shape index (κ2) is 9.61. The van der Waals surface area contributed by atoms with Crippen LogP contribution in [0.4, 0.5) is 0 Å². The van der Waals surface area contributed by atoms with Crippen molar-refractivity contribution in [3.8, 4) is 5.75 Å². The van der Waals surface area contributed by atoms with E-state index in [1.165, 1.54) is 20.2 Å². The van der Waals surface area contributed by atoms with Crippen molar-refractivity contribution in [3.05, 3.63) is 84.4 Å². The Bertz CT molecular complexity index is 904. The van der Waals surface area contributed by atoms with Crippen LogP contribution in [0.25, 0.3) is 0 Å². The highest BCUT2D eigenvalue weighted by Crippen LogP contribution is 2.33. The number of ether oxygens (including phenoxy) is 1. The van der Waals surface area contributed by atoms with Crippen molar-refractivity contribution in [1.29, 1.82) is 0 Å². The zero-order valence-electron chi connectivity index (χ0n) is 16.3. The fourth-order valence-electron chi connectivity index (χ4n) is 2.79. The highest BCUT2D eigenvalue weighted by atomic mass is 127. The first-order valence-electron chi connectivity index (χ1n) is 9.31. The molecule has 0 fully saturated rings. The van der Waals surface area contributed by atoms with Gasteiger partial charge in [0.2, 0.25) is 0 Å². The van der Waals surface area contributed by atoms with Gasteiger partial charge in [-0.15, -0.1) is 0 Å². The number of rotatable bonds is 6. The van der Waals surface area contributed by atoms with Gasteiger partial charge in [0.05, 0.1) is 10.9 Å². The second-order valence-corrected chi connectivity index (χ2v) is 10.7. The lowest BCUT2D eigenvalue weighted by molar-refractivity contribution is -0.133. The zero-order valence-corrected chi connectivity index (χ0v) is 19.2. The molecule has 0 saturated carbocycles. The third-order valence-corrected chi connectivity index (χ3v) is 7.10. The molecular formula is C24H24IO2S+. The average molecular weight is 503 g/mol. The molecule has 2 atom stereocenters. The lowest BCUT2D eigenvalue weighted by Gasteiger charge is -2.11. The van der Waals surface area contributed by atoms with E-state index in [0.717, 1.165) is 0 Å². The molecule has 4 heteroatoms. The largest absolute Gasteiger partial charge is 0.426 e. The van der Waals surface area contributed by atoms with Crippen molar-refractivity contribution in [2.45, 2.75) is 45.3 Å². The normalized spacial score (nSPS) is 13.2. The Labute approximate surface area is 183 Å². The molecule has 0 aromatic heterocycles. The Morgan fingerprint density at radius 1 is 0.786 bits per heavy atom. The maximum Gasteiger partial charge on any atom is 0.323 e. The van der Waals surface area contributed by atoms with E-state index in [1.54, 1.807) is 0 Å². The van der Waals surface area contributed by atoms with E-state index >= 15 is 0 Å². The number of hydrogen-bond donors (Lipinski definition) is 0. The molecule has 144 valence electrons. The number of benzene rings is 3. The van der Waals surface area contributed by atoms with E-state index in [-0.39, 0.29) is 20.8 Å². The highest BCUT2D eigenvalue weighted by Gasteiger charge is 2.28. The Kier molecular flexibility index (Phi) is 7.18. The van der Waals surface area contributed by atoms with E-state index in [2.05, 4.69) is 97.1 Å². The standard InChI is InChI=1S/C24H24IO2S/c1-17(2)19-9-13-22(14-10-19)28(21-7-5-4-6-8-21)23-15-11-20(12-16-23)27-24(26)18(3)25/h4-18H,1-3H3/q+1. The molecule has 0 amide bonds. The maximum atomic E-state index is 11.8. The van der Waals surface area contributed by atoms with Gasteiger partial charge in [-0.05, 0) is 66.9 Å². The number of esters is 1. The van der Waals surface area contributed by atoms with Gasteiger partial charge < -0.3 is 4.74 Å². The average Bonchev–Trinajstić information content (AvgIpc) is 2.70. The fraction of sp³-hybridized carbons (Fsp3) is 0.208. The summed E-state index contributed by atoms with van der Waals surface area (Å²) in [5.74, 6) is 0.880. The second-order valence-electron chi connectivity index (χ2n) is 6.85. The summed E-state index contributed by atoms with van der Waals surface area (Å²) in [7, 11) is -0.208. The summed E-state index contributed by atoms with van der Waals surface area (Å²) in [6.07, 6.45) is 0. The molecule has 3 aromatic rings. The number of carbonyl (C=O) groups is 1. The van der Waals surface area contributed by atoms with Crippen LogP contribution in [0.3, 0.4) is 0 Å². The lowest BCUT2D eigenvalue weighted by Crippen LogP contribution is -2.16. The van der Waals surface area contributed by atoms with E-state index in [1.807, 2.05) is 25.1 Å². The summed E-state index contributed by atoms with van der Waals surface area (Å²) >= 11 is 2.06. The van der Waals surface area contributed by atoms with Gasteiger partial charge in [-0.1, -0.05) is 66.8 Å². The smallest absolute Gasteiger partial charge is 0.323 e. The Morgan fingerprint density at radius 2 is 1.29 bits per heavy atom. The molecule has 0 aliphatic rings. The molecule has 0 bridgehead atoms. The van der Waals surface area contributed by atoms with Crippen molar-refractivity contribution in [2.24, 2.45) is 0 Å². The van der Waals surface area contributed by atoms with E-state index in [4.69, 9.17) is 4.74 Å². The molecule has 0 aliphatic heterocycles. The number of carbonyl (C=O) groups excluding carboxylic acids is 1. The third kappa shape index (κ3) is 5.17. The topological polar surface area (TPSA) is 26.3 Å². The Balaban J connectivity index is 1.95. The summed E-state index contributed by atoms with van der Waals surface area (Å²) in [6.45, 7) is 6.25. The molecule has 3 rings (SSSR count). The molecule has 0 radical (unpaired) electrons. The van der Waals surface area contributed by atoms with Gasteiger partial charge in [-0.25, -0.2) is 0 Å². The highest BCUT2D eigenvalue weighted by molar-refractivity contribution is 14.1. The molecule has 2 nitrogen and oxygen atoms in total. The first-order chi connectivity index (χ1) is 13.5. The predicted molar refractivity (Wildman–Crippen MR) is 125 cm³/mol. The maximum absolute atomic E-state index is 11.8. The van der Waals surface area contributed by atoms with Crippen molar-refractivity contribution in [3.63, 3.8) is 0 Å². The van der Waals surface area contributed by atoms with Crippen LogP contribution in [-0.4, -0.2) is 9.89 Å². The van der Waals surface area contributed by atoms with Crippen molar-refractivity contribution in [2.75, 3.05) is 0 Å². The molecule has 0 N–H and O–H groups in total. The van der Waals surface area contributed by atoms with Crippen LogP contribution in [-0.2, 0) is 15.7 Å². The minimum absolute atomic E-state index is 0.171. The van der Waals surface area contributed by atoms with Crippen LogP contribution in [0.15, 0.2) is 93.5 Å². The van der Waals surface area contributed by atoms with Gasteiger partial charge in [0.15, 0.2) is 14.7 Å². The van der Waals surface area contributed by atoms with Gasteiger partial charge in [0.1, 0.15) is 9.67 Å². The van der Waals surface area contributed by atoms with Gasteiger partial charge in [0, 0.05) is 0 Å². The fourth-order valence-corrected chi connectivity index (χ4v) is 4.98. The zero-order chi connectivity index (χ0) is 20.1. The van der Waals surface area contributed by atoms with Gasteiger partial charge in [-0.2, -0.15) is 0 Å². The summed E-state index contributed by atoms with van der Waals surface area (Å²) in [5, 5.41) is 0. The van der Waals surface area contributed by atoms with E-state index in [9.17, 15) is 4.79 Å². The van der Waals surface area contributed by atoms with Crippen molar-refractivity contribution in [1.82, 2.24) is 0 Å². The molecule has 0 saturated heterocycles. The quantitative estimate of drug-likeness (QED) is 0.124. The van der Waals surface area contributed by atoms with Crippen LogP contribution in [0.1, 0.15) is 32.3 Å². The number of alkyl halides is 1. The minimum Gasteiger partial charge on any atom is -0.426 e. The molecule has 3 aromatic carbocycles. The van der Waals surface area contributed by atoms with E-state index < -0.39 is 0 Å². The summed E-state index contributed by atoms with van der Waals surface area (Å²) < 4.78 is 5.25. The van der Waals surface area contributed by atoms with E-state index in [0.29, 0.717) is 11.7 Å². The summed E-state index contributed by atoms with van der Waals surface area (Å²) in [6, 6.07) is 27.4. The molecule has 2 unspecified atom stereocenters. The van der Waals surface area contributed by atoms with Gasteiger partial charge in [-0.3, -0.25) is 4.79 Å². The third-order valence-electron chi connectivity index (χ3n) is 4.36. The Hall–Kier alpha value is -1.79. The van der Waals surface area contributed by atoms with Gasteiger partial charge in [0.25, 0.3) is 0 Å². The van der Waals surface area contributed by atoms with Crippen LogP contribution < -0.4 is 4.74 Å². The lowest BCUT2D eigenvalue weighted by atomic mass is 10.0. The molecule has 28 heavy (non-hydrogen) atoms. The Morgan fingerprint density at radius 3 is 1.79 bits per heavy atom. The van der Waals surface area contributed by atoms with Crippen molar-refractivity contribution < 1.29 is 9.53 Å². The molecule has 0 spiro atoms. The minimum atomic E-state index is -0.223. The number of halogens is 1. The monoisotopic (exact) mass is 503 g/mol. The summed E-state index contributed by atoms with van der Waals surface area (Å²) in [4.78, 5) is 15.6. The van der Waals surface area contributed by atoms with Crippen LogP contribution in [0.2, 0.25) is 0 Å². The first-order valence-corrected chi connectivity index (χ1v) is 11.8.